The summed E-state index contributed by atoms with van der Waals surface area (Å²) >= 11 is 1.58. The van der Waals surface area contributed by atoms with Crippen LogP contribution in [0.15, 0.2) is 35.2 Å². The van der Waals surface area contributed by atoms with Crippen LogP contribution >= 0.6 is 11.8 Å². The minimum atomic E-state index is -0.0960. The first-order valence-electron chi connectivity index (χ1n) is 6.84. The molecule has 0 spiro atoms. The number of rotatable bonds is 3. The third-order valence-electron chi connectivity index (χ3n) is 3.44. The average molecular weight is 292 g/mol. The van der Waals surface area contributed by atoms with E-state index in [9.17, 15) is 9.59 Å². The van der Waals surface area contributed by atoms with Crippen LogP contribution < -0.4 is 0 Å². The smallest absolute Gasteiger partial charge is 0.235 e. The minimum absolute atomic E-state index is 0.0869. The zero-order chi connectivity index (χ0) is 14.5. The standard InChI is InChI=1S/C15H20N2O2S/c1-12(20-14-6-4-3-5-7-14)15(19)17-10-8-16(9-11-17)13(2)18/h3-7,12H,8-11H2,1-2H3/t12-/m1/s1. The molecule has 1 saturated heterocycles. The molecule has 1 aliphatic rings. The molecule has 1 fully saturated rings. The Morgan fingerprint density at radius 1 is 1.05 bits per heavy atom. The molecule has 0 saturated carbocycles. The molecule has 0 radical (unpaired) electrons. The van der Waals surface area contributed by atoms with Gasteiger partial charge in [-0.3, -0.25) is 9.59 Å². The van der Waals surface area contributed by atoms with Gasteiger partial charge < -0.3 is 9.80 Å². The van der Waals surface area contributed by atoms with E-state index in [1.807, 2.05) is 42.2 Å². The van der Waals surface area contributed by atoms with Gasteiger partial charge in [-0.2, -0.15) is 0 Å². The zero-order valence-corrected chi connectivity index (χ0v) is 12.7. The fourth-order valence-electron chi connectivity index (χ4n) is 2.25. The quantitative estimate of drug-likeness (QED) is 0.798. The lowest BCUT2D eigenvalue weighted by Gasteiger charge is -2.35. The average Bonchev–Trinajstić information content (AvgIpc) is 2.47. The highest BCUT2D eigenvalue weighted by atomic mass is 32.2. The van der Waals surface area contributed by atoms with Gasteiger partial charge in [-0.15, -0.1) is 11.8 Å². The van der Waals surface area contributed by atoms with Crippen molar-refractivity contribution in [2.45, 2.75) is 24.0 Å². The van der Waals surface area contributed by atoms with E-state index < -0.39 is 0 Å². The summed E-state index contributed by atoms with van der Waals surface area (Å²) in [5.74, 6) is 0.242. The molecule has 108 valence electrons. The summed E-state index contributed by atoms with van der Waals surface area (Å²) in [5, 5.41) is -0.0960. The summed E-state index contributed by atoms with van der Waals surface area (Å²) in [7, 11) is 0. The highest BCUT2D eigenvalue weighted by molar-refractivity contribution is 8.00. The molecular formula is C15H20N2O2S. The second-order valence-electron chi connectivity index (χ2n) is 4.90. The fourth-order valence-corrected chi connectivity index (χ4v) is 3.22. The van der Waals surface area contributed by atoms with Gasteiger partial charge in [0.15, 0.2) is 0 Å². The maximum atomic E-state index is 12.4. The van der Waals surface area contributed by atoms with Gasteiger partial charge in [0.1, 0.15) is 0 Å². The van der Waals surface area contributed by atoms with Gasteiger partial charge in [0.25, 0.3) is 0 Å². The van der Waals surface area contributed by atoms with Crippen molar-refractivity contribution < 1.29 is 9.59 Å². The third-order valence-corrected chi connectivity index (χ3v) is 4.54. The minimum Gasteiger partial charge on any atom is -0.339 e. The predicted octanol–water partition coefficient (Wildman–Crippen LogP) is 1.86. The second-order valence-corrected chi connectivity index (χ2v) is 6.32. The molecule has 2 rings (SSSR count). The van der Waals surface area contributed by atoms with Crippen LogP contribution in [0.4, 0.5) is 0 Å². The first-order valence-corrected chi connectivity index (χ1v) is 7.72. The van der Waals surface area contributed by atoms with E-state index in [0.717, 1.165) is 4.90 Å². The first-order chi connectivity index (χ1) is 9.58. The Balaban J connectivity index is 1.87. The number of amides is 2. The molecule has 5 heteroatoms. The molecule has 0 aromatic heterocycles. The summed E-state index contributed by atoms with van der Waals surface area (Å²) < 4.78 is 0. The molecule has 1 aliphatic heterocycles. The molecule has 1 aromatic carbocycles. The van der Waals surface area contributed by atoms with Crippen LogP contribution in [0.3, 0.4) is 0 Å². The maximum Gasteiger partial charge on any atom is 0.235 e. The number of carbonyl (C=O) groups is 2. The number of benzene rings is 1. The summed E-state index contributed by atoms with van der Waals surface area (Å²) in [4.78, 5) is 28.4. The molecule has 0 unspecified atom stereocenters. The lowest BCUT2D eigenvalue weighted by molar-refractivity contribution is -0.137. The van der Waals surface area contributed by atoms with Crippen molar-refractivity contribution in [1.29, 1.82) is 0 Å². The van der Waals surface area contributed by atoms with Crippen LogP contribution in [0.2, 0.25) is 0 Å². The zero-order valence-electron chi connectivity index (χ0n) is 11.9. The van der Waals surface area contributed by atoms with Crippen molar-refractivity contribution >= 4 is 23.6 Å². The molecule has 0 N–H and O–H groups in total. The number of piperazine rings is 1. The number of hydrogen-bond donors (Lipinski definition) is 0. The van der Waals surface area contributed by atoms with Crippen molar-refractivity contribution in [3.05, 3.63) is 30.3 Å². The number of carbonyl (C=O) groups excluding carboxylic acids is 2. The van der Waals surface area contributed by atoms with Crippen LogP contribution in [-0.2, 0) is 9.59 Å². The van der Waals surface area contributed by atoms with E-state index >= 15 is 0 Å². The van der Waals surface area contributed by atoms with Gasteiger partial charge in [-0.1, -0.05) is 18.2 Å². The van der Waals surface area contributed by atoms with Gasteiger partial charge in [0.2, 0.25) is 11.8 Å². The van der Waals surface area contributed by atoms with Crippen LogP contribution in [0.5, 0.6) is 0 Å². The predicted molar refractivity (Wildman–Crippen MR) is 80.6 cm³/mol. The van der Waals surface area contributed by atoms with Gasteiger partial charge in [-0.05, 0) is 19.1 Å². The van der Waals surface area contributed by atoms with E-state index in [0.29, 0.717) is 26.2 Å². The molecule has 0 bridgehead atoms. The SMILES string of the molecule is CC(=O)N1CCN(C(=O)[C@@H](C)Sc2ccccc2)CC1. The highest BCUT2D eigenvalue weighted by Gasteiger charge is 2.26. The Kier molecular flexibility index (Phi) is 5.06. The van der Waals surface area contributed by atoms with E-state index in [2.05, 4.69) is 0 Å². The van der Waals surface area contributed by atoms with Gasteiger partial charge in [-0.25, -0.2) is 0 Å². The summed E-state index contributed by atoms with van der Waals surface area (Å²) in [5.41, 5.74) is 0. The van der Waals surface area contributed by atoms with Gasteiger partial charge in [0, 0.05) is 38.0 Å². The van der Waals surface area contributed by atoms with E-state index in [-0.39, 0.29) is 17.1 Å². The molecule has 1 heterocycles. The van der Waals surface area contributed by atoms with E-state index in [1.165, 1.54) is 0 Å². The van der Waals surface area contributed by atoms with Crippen LogP contribution in [-0.4, -0.2) is 53.0 Å². The summed E-state index contributed by atoms with van der Waals surface area (Å²) in [6.45, 7) is 6.08. The van der Waals surface area contributed by atoms with Crippen molar-refractivity contribution in [2.75, 3.05) is 26.2 Å². The van der Waals surface area contributed by atoms with Crippen molar-refractivity contribution in [1.82, 2.24) is 9.80 Å². The Bertz CT molecular complexity index is 470. The Hall–Kier alpha value is -1.49. The molecular weight excluding hydrogens is 272 g/mol. The summed E-state index contributed by atoms with van der Waals surface area (Å²) in [6.07, 6.45) is 0. The number of thioether (sulfide) groups is 1. The molecule has 0 aliphatic carbocycles. The lowest BCUT2D eigenvalue weighted by atomic mass is 10.3. The van der Waals surface area contributed by atoms with E-state index in [4.69, 9.17) is 0 Å². The number of nitrogens with zero attached hydrogens (tertiary/aromatic N) is 2. The largest absolute Gasteiger partial charge is 0.339 e. The normalized spacial score (nSPS) is 16.9. The Morgan fingerprint density at radius 2 is 1.60 bits per heavy atom. The lowest BCUT2D eigenvalue weighted by Crippen LogP contribution is -2.51. The second kappa shape index (κ2) is 6.79. The molecule has 4 nitrogen and oxygen atoms in total. The molecule has 1 atom stereocenters. The third kappa shape index (κ3) is 3.76. The van der Waals surface area contributed by atoms with Gasteiger partial charge >= 0.3 is 0 Å². The first kappa shape index (κ1) is 14.9. The summed E-state index contributed by atoms with van der Waals surface area (Å²) in [6, 6.07) is 9.96. The van der Waals surface area contributed by atoms with Crippen LogP contribution in [0.25, 0.3) is 0 Å². The van der Waals surface area contributed by atoms with Crippen molar-refractivity contribution in [2.24, 2.45) is 0 Å². The molecule has 2 amide bonds. The van der Waals surface area contributed by atoms with E-state index in [1.54, 1.807) is 23.6 Å². The molecule has 1 aromatic rings. The van der Waals surface area contributed by atoms with Crippen LogP contribution in [0, 0.1) is 0 Å². The Labute approximate surface area is 124 Å². The monoisotopic (exact) mass is 292 g/mol. The van der Waals surface area contributed by atoms with Crippen molar-refractivity contribution in [3.8, 4) is 0 Å². The van der Waals surface area contributed by atoms with Crippen LogP contribution in [0.1, 0.15) is 13.8 Å². The number of hydrogen-bond acceptors (Lipinski definition) is 3. The van der Waals surface area contributed by atoms with Gasteiger partial charge in [0.05, 0.1) is 5.25 Å². The topological polar surface area (TPSA) is 40.6 Å². The molecule has 20 heavy (non-hydrogen) atoms. The fraction of sp³-hybridized carbons (Fsp3) is 0.467. The highest BCUT2D eigenvalue weighted by Crippen LogP contribution is 2.24. The maximum absolute atomic E-state index is 12.4. The van der Waals surface area contributed by atoms with Crippen molar-refractivity contribution in [3.63, 3.8) is 0 Å². The Morgan fingerprint density at radius 3 is 2.15 bits per heavy atom.